The van der Waals surface area contributed by atoms with E-state index in [1.165, 1.54) is 0 Å². The number of allylic oxidation sites excluding steroid dienone is 4. The Bertz CT molecular complexity index is 1740. The van der Waals surface area contributed by atoms with Gasteiger partial charge in [-0.2, -0.15) is 0 Å². The van der Waals surface area contributed by atoms with Crippen molar-refractivity contribution in [3.8, 4) is 17.2 Å². The van der Waals surface area contributed by atoms with E-state index in [0.29, 0.717) is 48.1 Å². The summed E-state index contributed by atoms with van der Waals surface area (Å²) >= 11 is 0. The van der Waals surface area contributed by atoms with E-state index in [0.717, 1.165) is 29.5 Å². The van der Waals surface area contributed by atoms with Crippen LogP contribution in [0.5, 0.6) is 17.2 Å². The van der Waals surface area contributed by atoms with Crippen LogP contribution < -0.4 is 9.47 Å². The summed E-state index contributed by atoms with van der Waals surface area (Å²) < 4.78 is 26.2. The summed E-state index contributed by atoms with van der Waals surface area (Å²) in [5.74, 6) is 0.590. The number of hydrogen-bond donors (Lipinski definition) is 1. The van der Waals surface area contributed by atoms with Crippen LogP contribution in [0.2, 0.25) is 0 Å². The van der Waals surface area contributed by atoms with Crippen molar-refractivity contribution in [1.29, 1.82) is 0 Å². The third kappa shape index (κ3) is 3.27. The van der Waals surface area contributed by atoms with Crippen molar-refractivity contribution < 1.29 is 38.4 Å². The van der Waals surface area contributed by atoms with E-state index in [2.05, 4.69) is 26.8 Å². The van der Waals surface area contributed by atoms with Gasteiger partial charge in [0.05, 0.1) is 5.60 Å². The third-order valence-corrected chi connectivity index (χ3v) is 13.1. The fraction of sp³-hybridized carbons (Fsp3) is 0.605. The zero-order chi connectivity index (χ0) is 32.9. The van der Waals surface area contributed by atoms with Gasteiger partial charge in [-0.05, 0) is 84.6 Å². The Labute approximate surface area is 270 Å². The van der Waals surface area contributed by atoms with E-state index in [9.17, 15) is 19.5 Å². The predicted octanol–water partition coefficient (Wildman–Crippen LogP) is 6.68. The molecule has 6 unspecified atom stereocenters. The molecular formula is C38H44O8. The lowest BCUT2D eigenvalue weighted by Gasteiger charge is -2.70. The van der Waals surface area contributed by atoms with Crippen molar-refractivity contribution in [3.63, 3.8) is 0 Å². The van der Waals surface area contributed by atoms with Crippen molar-refractivity contribution >= 4 is 18.0 Å². The van der Waals surface area contributed by atoms with Crippen LogP contribution in [0.4, 0.5) is 0 Å². The fourth-order valence-electron chi connectivity index (χ4n) is 11.3. The van der Waals surface area contributed by atoms with Gasteiger partial charge in [0.15, 0.2) is 22.8 Å². The van der Waals surface area contributed by atoms with Gasteiger partial charge in [0, 0.05) is 46.8 Å². The highest BCUT2D eigenvalue weighted by Crippen LogP contribution is 2.76. The number of aromatic hydroxyl groups is 1. The molecule has 1 saturated heterocycles. The first kappa shape index (κ1) is 30.0. The number of phenols is 1. The Morgan fingerprint density at radius 3 is 2.48 bits per heavy atom. The fourth-order valence-corrected chi connectivity index (χ4v) is 11.3. The molecule has 3 heterocycles. The molecule has 0 amide bonds. The van der Waals surface area contributed by atoms with Crippen molar-refractivity contribution in [2.24, 2.45) is 29.1 Å². The van der Waals surface area contributed by atoms with Gasteiger partial charge in [0.1, 0.15) is 34.2 Å². The molecule has 8 atom stereocenters. The summed E-state index contributed by atoms with van der Waals surface area (Å²) in [7, 11) is 0. The molecule has 8 bridgehead atoms. The van der Waals surface area contributed by atoms with Crippen LogP contribution in [0.3, 0.4) is 0 Å². The van der Waals surface area contributed by atoms with Gasteiger partial charge in [0.2, 0.25) is 0 Å². The van der Waals surface area contributed by atoms with E-state index in [1.807, 2.05) is 27.7 Å². The first-order valence-electron chi connectivity index (χ1n) is 16.8. The van der Waals surface area contributed by atoms with Crippen molar-refractivity contribution in [2.45, 2.75) is 116 Å². The Kier molecular flexibility index (Phi) is 5.83. The van der Waals surface area contributed by atoms with E-state index in [1.54, 1.807) is 19.1 Å². The number of ether oxygens (including phenoxy) is 4. The lowest BCUT2D eigenvalue weighted by Crippen LogP contribution is -2.72. The predicted molar refractivity (Wildman–Crippen MR) is 169 cm³/mol. The number of rotatable bonds is 6. The maximum Gasteiger partial charge on any atom is 0.298 e. The Morgan fingerprint density at radius 2 is 1.80 bits per heavy atom. The monoisotopic (exact) mass is 628 g/mol. The number of Topliss-reactive ketones (excluding diaryl/α,β-unsaturated/α-hetero) is 2. The summed E-state index contributed by atoms with van der Waals surface area (Å²) in [5, 5.41) is 12.2. The summed E-state index contributed by atoms with van der Waals surface area (Å²) in [4.78, 5) is 40.5. The number of fused-ring (bicyclic) bond motifs is 3. The number of benzene rings is 1. The number of hydrogen-bond acceptors (Lipinski definition) is 8. The minimum Gasteiger partial charge on any atom is -0.507 e. The van der Waals surface area contributed by atoms with Crippen molar-refractivity contribution in [2.75, 3.05) is 0 Å². The smallest absolute Gasteiger partial charge is 0.298 e. The zero-order valence-electron chi connectivity index (χ0n) is 28.0. The second-order valence-corrected chi connectivity index (χ2v) is 16.4. The molecule has 9 aliphatic rings. The highest BCUT2D eigenvalue weighted by Gasteiger charge is 2.81. The van der Waals surface area contributed by atoms with E-state index in [4.69, 9.17) is 18.9 Å². The van der Waals surface area contributed by atoms with Crippen LogP contribution in [0.15, 0.2) is 35.1 Å². The lowest BCUT2D eigenvalue weighted by atomic mass is 9.37. The molecule has 0 radical (unpaired) electrons. The van der Waals surface area contributed by atoms with Gasteiger partial charge in [-0.15, -0.1) is 0 Å². The molecular weight excluding hydrogens is 584 g/mol. The summed E-state index contributed by atoms with van der Waals surface area (Å²) in [6.07, 6.45) is 8.48. The number of ketones is 2. The van der Waals surface area contributed by atoms with Crippen LogP contribution in [0, 0.1) is 29.1 Å². The summed E-state index contributed by atoms with van der Waals surface area (Å²) in [6, 6.07) is 0. The molecule has 1 spiro atoms. The molecule has 0 aromatic heterocycles. The molecule has 8 heteroatoms. The molecule has 1 aromatic rings. The average molecular weight is 629 g/mol. The Hall–Kier alpha value is -3.39. The van der Waals surface area contributed by atoms with E-state index in [-0.39, 0.29) is 52.5 Å². The molecule has 5 fully saturated rings. The van der Waals surface area contributed by atoms with E-state index < -0.39 is 28.3 Å². The minimum absolute atomic E-state index is 0.0457. The quantitative estimate of drug-likeness (QED) is 0.211. The molecule has 244 valence electrons. The van der Waals surface area contributed by atoms with Crippen molar-refractivity contribution in [1.82, 2.24) is 0 Å². The zero-order valence-corrected chi connectivity index (χ0v) is 28.0. The van der Waals surface area contributed by atoms with Crippen LogP contribution in [0.1, 0.15) is 108 Å². The SMILES string of the molecule is CC(C)=CCc1c2c(c(O)c3c1O[C@@]1(C)CCC4C3C1C4(C)C)C(=O)C1=CC3CC4C(C)(C)OC(CC=C(C)OC=O)(C3=O)[C@@]14O2. The van der Waals surface area contributed by atoms with Gasteiger partial charge in [-0.1, -0.05) is 31.6 Å². The third-order valence-electron chi connectivity index (χ3n) is 13.1. The Balaban J connectivity index is 1.39. The number of phenolic OH excluding ortho intramolecular Hbond substituents is 1. The Morgan fingerprint density at radius 1 is 1.07 bits per heavy atom. The van der Waals surface area contributed by atoms with Gasteiger partial charge >= 0.3 is 0 Å². The normalized spacial score (nSPS) is 39.5. The lowest BCUT2D eigenvalue weighted by molar-refractivity contribution is -0.214. The van der Waals surface area contributed by atoms with Crippen LogP contribution in [0.25, 0.3) is 0 Å². The number of carbonyl (C=O) groups excluding carboxylic acids is 3. The van der Waals surface area contributed by atoms with Crippen LogP contribution in [-0.4, -0.2) is 45.5 Å². The molecule has 4 saturated carbocycles. The molecule has 8 nitrogen and oxygen atoms in total. The van der Waals surface area contributed by atoms with Gasteiger partial charge in [0.25, 0.3) is 6.47 Å². The van der Waals surface area contributed by atoms with Crippen LogP contribution in [-0.2, 0) is 25.5 Å². The highest BCUT2D eigenvalue weighted by molar-refractivity contribution is 6.18. The minimum atomic E-state index is -1.52. The molecule has 6 aliphatic carbocycles. The highest BCUT2D eigenvalue weighted by atomic mass is 16.6. The molecule has 10 rings (SSSR count). The van der Waals surface area contributed by atoms with Crippen molar-refractivity contribution in [3.05, 3.63) is 51.8 Å². The standard InChI is InChI=1S/C38H44O8/c1-18(2)9-10-21-30-26(25-22-12-13-36(8,44-30)32(25)34(22,4)5)29(41)27-28(40)23-15-20-16-24-35(6,7)46-37(33(20)42,14-11-19(3)43-17-39)38(23,24)45-31(21)27/h9,11,15,17,20,22,24-25,32,41H,10,12-14,16H2,1-8H3/t20?,22?,24?,25?,32?,36-,37?,38+/m0/s1. The topological polar surface area (TPSA) is 108 Å². The molecule has 1 N–H and O–H groups in total. The first-order valence-corrected chi connectivity index (χ1v) is 16.8. The number of carbonyl (C=O) groups is 3. The van der Waals surface area contributed by atoms with Gasteiger partial charge in [-0.25, -0.2) is 0 Å². The maximum absolute atomic E-state index is 15.0. The van der Waals surface area contributed by atoms with E-state index >= 15 is 0 Å². The molecule has 46 heavy (non-hydrogen) atoms. The van der Waals surface area contributed by atoms with Gasteiger partial charge in [-0.3, -0.25) is 14.4 Å². The average Bonchev–Trinajstić information content (AvgIpc) is 3.12. The molecule has 1 aromatic carbocycles. The second kappa shape index (κ2) is 8.94. The second-order valence-electron chi connectivity index (χ2n) is 16.4. The largest absolute Gasteiger partial charge is 0.507 e. The van der Waals surface area contributed by atoms with Gasteiger partial charge < -0.3 is 24.1 Å². The first-order chi connectivity index (χ1) is 21.6. The van der Waals surface area contributed by atoms with Crippen LogP contribution >= 0.6 is 0 Å². The molecule has 3 aliphatic heterocycles. The maximum atomic E-state index is 15.0. The summed E-state index contributed by atoms with van der Waals surface area (Å²) in [5.41, 5.74) is -0.973. The summed E-state index contributed by atoms with van der Waals surface area (Å²) in [6.45, 7) is 16.8.